The number of anilines is 1. The van der Waals surface area contributed by atoms with Gasteiger partial charge in [0.05, 0.1) is 5.56 Å². The maximum Gasteiger partial charge on any atom is 0.252 e. The number of primary amides is 1. The predicted octanol–water partition coefficient (Wildman–Crippen LogP) is 1.50. The Morgan fingerprint density at radius 2 is 2.15 bits per heavy atom. The van der Waals surface area contributed by atoms with Crippen LogP contribution in [0.25, 0.3) is 0 Å². The number of carbonyl (C=O) groups excluding carboxylic acids is 1. The van der Waals surface area contributed by atoms with E-state index in [1.807, 2.05) is 19.9 Å². The van der Waals surface area contributed by atoms with Crippen molar-refractivity contribution in [3.05, 3.63) is 22.9 Å². The van der Waals surface area contributed by atoms with Crippen LogP contribution in [0.5, 0.6) is 0 Å². The lowest BCUT2D eigenvalue weighted by Gasteiger charge is -2.42. The molecular formula is C15H24N4O. The SMILES string of the molecule is Cc1cc(C)c(C(N)=O)c(N2C(C)CCCC2CN)n1. The van der Waals surface area contributed by atoms with Gasteiger partial charge in [-0.2, -0.15) is 0 Å². The van der Waals surface area contributed by atoms with Crippen LogP contribution in [0.1, 0.15) is 47.8 Å². The maximum absolute atomic E-state index is 11.8. The van der Waals surface area contributed by atoms with Gasteiger partial charge in [0.25, 0.3) is 5.91 Å². The van der Waals surface area contributed by atoms with Crippen LogP contribution < -0.4 is 16.4 Å². The van der Waals surface area contributed by atoms with Gasteiger partial charge in [-0.3, -0.25) is 4.79 Å². The van der Waals surface area contributed by atoms with Gasteiger partial charge in [0, 0.05) is 24.3 Å². The zero-order chi connectivity index (χ0) is 14.9. The summed E-state index contributed by atoms with van der Waals surface area (Å²) in [5.74, 6) is 0.288. The van der Waals surface area contributed by atoms with Gasteiger partial charge < -0.3 is 16.4 Å². The Balaban J connectivity index is 2.56. The summed E-state index contributed by atoms with van der Waals surface area (Å²) in [6.07, 6.45) is 3.29. The average Bonchev–Trinajstić information content (AvgIpc) is 2.36. The van der Waals surface area contributed by atoms with E-state index in [0.29, 0.717) is 24.0 Å². The minimum Gasteiger partial charge on any atom is -0.365 e. The van der Waals surface area contributed by atoms with E-state index in [1.54, 1.807) is 0 Å². The highest BCUT2D eigenvalue weighted by atomic mass is 16.1. The van der Waals surface area contributed by atoms with Gasteiger partial charge in [0.15, 0.2) is 0 Å². The molecule has 0 spiro atoms. The third-order valence-corrected chi connectivity index (χ3v) is 4.12. The first-order valence-electron chi connectivity index (χ1n) is 7.22. The summed E-state index contributed by atoms with van der Waals surface area (Å²) in [7, 11) is 0. The topological polar surface area (TPSA) is 85.2 Å². The van der Waals surface area contributed by atoms with E-state index in [4.69, 9.17) is 11.5 Å². The molecule has 1 aliphatic heterocycles. The molecule has 0 saturated carbocycles. The molecule has 1 fully saturated rings. The number of aryl methyl sites for hydroxylation is 2. The normalized spacial score (nSPS) is 22.9. The first-order chi connectivity index (χ1) is 9.45. The summed E-state index contributed by atoms with van der Waals surface area (Å²) in [6, 6.07) is 2.45. The van der Waals surface area contributed by atoms with Gasteiger partial charge in [-0.15, -0.1) is 0 Å². The van der Waals surface area contributed by atoms with Crippen molar-refractivity contribution in [1.82, 2.24) is 4.98 Å². The van der Waals surface area contributed by atoms with Gasteiger partial charge in [-0.25, -0.2) is 4.98 Å². The summed E-state index contributed by atoms with van der Waals surface area (Å²) in [5, 5.41) is 0. The Kier molecular flexibility index (Phi) is 4.28. The number of amides is 1. The van der Waals surface area contributed by atoms with E-state index in [-0.39, 0.29) is 6.04 Å². The molecule has 0 bridgehead atoms. The second kappa shape index (κ2) is 5.79. The van der Waals surface area contributed by atoms with Crippen molar-refractivity contribution >= 4 is 11.7 Å². The largest absolute Gasteiger partial charge is 0.365 e. The quantitative estimate of drug-likeness (QED) is 0.876. The summed E-state index contributed by atoms with van der Waals surface area (Å²) < 4.78 is 0. The molecule has 4 N–H and O–H groups in total. The lowest BCUT2D eigenvalue weighted by atomic mass is 9.95. The average molecular weight is 276 g/mol. The van der Waals surface area contributed by atoms with Crippen LogP contribution in [0.3, 0.4) is 0 Å². The van der Waals surface area contributed by atoms with Gasteiger partial charge in [-0.1, -0.05) is 0 Å². The van der Waals surface area contributed by atoms with Crippen LogP contribution in [0.15, 0.2) is 6.07 Å². The molecule has 1 aromatic rings. The van der Waals surface area contributed by atoms with Crippen LogP contribution >= 0.6 is 0 Å². The fraction of sp³-hybridized carbons (Fsp3) is 0.600. The molecule has 0 aliphatic carbocycles. The van der Waals surface area contributed by atoms with Crippen LogP contribution in [-0.4, -0.2) is 29.5 Å². The fourth-order valence-electron chi connectivity index (χ4n) is 3.21. The van der Waals surface area contributed by atoms with E-state index in [0.717, 1.165) is 30.5 Å². The van der Waals surface area contributed by atoms with E-state index in [1.165, 1.54) is 0 Å². The number of rotatable bonds is 3. The van der Waals surface area contributed by atoms with Gasteiger partial charge >= 0.3 is 0 Å². The molecule has 5 heteroatoms. The fourth-order valence-corrected chi connectivity index (χ4v) is 3.21. The number of hydrogen-bond acceptors (Lipinski definition) is 4. The maximum atomic E-state index is 11.8. The van der Waals surface area contributed by atoms with Crippen molar-refractivity contribution in [1.29, 1.82) is 0 Å². The minimum atomic E-state index is -0.418. The molecule has 0 radical (unpaired) electrons. The Labute approximate surface area is 120 Å². The lowest BCUT2D eigenvalue weighted by molar-refractivity contribution is 0.0999. The Morgan fingerprint density at radius 3 is 2.75 bits per heavy atom. The van der Waals surface area contributed by atoms with Crippen molar-refractivity contribution in [3.63, 3.8) is 0 Å². The Hall–Kier alpha value is -1.62. The first-order valence-corrected chi connectivity index (χ1v) is 7.22. The molecule has 0 aromatic carbocycles. The summed E-state index contributed by atoms with van der Waals surface area (Å²) >= 11 is 0. The van der Waals surface area contributed by atoms with Gasteiger partial charge in [-0.05, 0) is 51.7 Å². The van der Waals surface area contributed by atoms with Crippen molar-refractivity contribution in [2.45, 2.75) is 52.1 Å². The molecule has 1 aromatic heterocycles. The van der Waals surface area contributed by atoms with Crippen molar-refractivity contribution in [2.75, 3.05) is 11.4 Å². The van der Waals surface area contributed by atoms with E-state index in [9.17, 15) is 4.79 Å². The minimum absolute atomic E-state index is 0.227. The summed E-state index contributed by atoms with van der Waals surface area (Å²) in [5.41, 5.74) is 13.8. The number of piperidine rings is 1. The summed E-state index contributed by atoms with van der Waals surface area (Å²) in [4.78, 5) is 18.6. The van der Waals surface area contributed by atoms with Crippen LogP contribution in [0, 0.1) is 13.8 Å². The standard InChI is InChI=1S/C15H24N4O/c1-9-7-10(2)18-15(13(9)14(17)20)19-11(3)5-4-6-12(19)8-16/h7,11-12H,4-6,8,16H2,1-3H3,(H2,17,20). The van der Waals surface area contributed by atoms with Crippen molar-refractivity contribution < 1.29 is 4.79 Å². The Bertz CT molecular complexity index is 515. The molecule has 20 heavy (non-hydrogen) atoms. The van der Waals surface area contributed by atoms with E-state index in [2.05, 4.69) is 16.8 Å². The monoisotopic (exact) mass is 276 g/mol. The molecular weight excluding hydrogens is 252 g/mol. The van der Waals surface area contributed by atoms with Crippen molar-refractivity contribution in [3.8, 4) is 0 Å². The van der Waals surface area contributed by atoms with Crippen molar-refractivity contribution in [2.24, 2.45) is 11.5 Å². The second-order valence-electron chi connectivity index (χ2n) is 5.72. The molecule has 2 atom stereocenters. The highest BCUT2D eigenvalue weighted by Gasteiger charge is 2.31. The van der Waals surface area contributed by atoms with E-state index < -0.39 is 5.91 Å². The van der Waals surface area contributed by atoms with Crippen LogP contribution in [0.2, 0.25) is 0 Å². The second-order valence-corrected chi connectivity index (χ2v) is 5.72. The molecule has 1 saturated heterocycles. The third kappa shape index (κ3) is 2.63. The molecule has 1 amide bonds. The lowest BCUT2D eigenvalue weighted by Crippen LogP contribution is -2.50. The number of carbonyl (C=O) groups is 1. The molecule has 2 heterocycles. The number of aromatic nitrogens is 1. The molecule has 5 nitrogen and oxygen atoms in total. The molecule has 110 valence electrons. The smallest absolute Gasteiger partial charge is 0.252 e. The predicted molar refractivity (Wildman–Crippen MR) is 80.9 cm³/mol. The third-order valence-electron chi connectivity index (χ3n) is 4.12. The van der Waals surface area contributed by atoms with Gasteiger partial charge in [0.1, 0.15) is 5.82 Å². The first kappa shape index (κ1) is 14.8. The summed E-state index contributed by atoms with van der Waals surface area (Å²) in [6.45, 7) is 6.57. The van der Waals surface area contributed by atoms with Crippen LogP contribution in [-0.2, 0) is 0 Å². The number of nitrogens with zero attached hydrogens (tertiary/aromatic N) is 2. The molecule has 2 unspecified atom stereocenters. The molecule has 2 rings (SSSR count). The number of nitrogens with two attached hydrogens (primary N) is 2. The highest BCUT2D eigenvalue weighted by molar-refractivity contribution is 5.99. The number of hydrogen-bond donors (Lipinski definition) is 2. The number of pyridine rings is 1. The molecule has 1 aliphatic rings. The zero-order valence-electron chi connectivity index (χ0n) is 12.5. The van der Waals surface area contributed by atoms with Gasteiger partial charge in [0.2, 0.25) is 0 Å². The van der Waals surface area contributed by atoms with Crippen LogP contribution in [0.4, 0.5) is 5.82 Å². The zero-order valence-corrected chi connectivity index (χ0v) is 12.5. The van der Waals surface area contributed by atoms with E-state index >= 15 is 0 Å². The Morgan fingerprint density at radius 1 is 1.45 bits per heavy atom. The highest BCUT2D eigenvalue weighted by Crippen LogP contribution is 2.31.